The first-order chi connectivity index (χ1) is 8.94. The second-order valence-corrected chi connectivity index (χ2v) is 7.06. The number of nitrogens with zero attached hydrogens (tertiary/aromatic N) is 1. The Morgan fingerprint density at radius 2 is 2.05 bits per heavy atom. The van der Waals surface area contributed by atoms with Crippen LogP contribution in [0.2, 0.25) is 0 Å². The number of carbonyl (C=O) groups excluding carboxylic acids is 1. The van der Waals surface area contributed by atoms with Gasteiger partial charge < -0.3 is 15.5 Å². The van der Waals surface area contributed by atoms with Crippen molar-refractivity contribution in [1.29, 1.82) is 0 Å². The first kappa shape index (κ1) is 14.8. The molecule has 2 aliphatic heterocycles. The van der Waals surface area contributed by atoms with Crippen LogP contribution in [-0.4, -0.2) is 48.1 Å². The van der Waals surface area contributed by atoms with Crippen molar-refractivity contribution < 1.29 is 4.79 Å². The van der Waals surface area contributed by atoms with Gasteiger partial charge in [0, 0.05) is 30.6 Å². The van der Waals surface area contributed by atoms with Gasteiger partial charge in [0.2, 0.25) is 5.91 Å². The van der Waals surface area contributed by atoms with E-state index in [4.69, 9.17) is 0 Å². The molecule has 0 aromatic carbocycles. The van der Waals surface area contributed by atoms with Crippen LogP contribution in [0.15, 0.2) is 0 Å². The van der Waals surface area contributed by atoms with Gasteiger partial charge in [-0.1, -0.05) is 0 Å². The van der Waals surface area contributed by atoms with E-state index in [-0.39, 0.29) is 11.4 Å². The summed E-state index contributed by atoms with van der Waals surface area (Å²) in [7, 11) is 0. The SMILES string of the molecule is CC(C)(C)NC(=O)CCNC1CCN2CCCC2C1. The van der Waals surface area contributed by atoms with E-state index in [1.54, 1.807) is 0 Å². The lowest BCUT2D eigenvalue weighted by Gasteiger charge is -2.35. The summed E-state index contributed by atoms with van der Waals surface area (Å²) in [6, 6.07) is 1.41. The number of fused-ring (bicyclic) bond motifs is 1. The molecule has 19 heavy (non-hydrogen) atoms. The zero-order valence-corrected chi connectivity index (χ0v) is 12.7. The minimum Gasteiger partial charge on any atom is -0.351 e. The highest BCUT2D eigenvalue weighted by Crippen LogP contribution is 2.26. The van der Waals surface area contributed by atoms with Gasteiger partial charge >= 0.3 is 0 Å². The molecule has 2 saturated heterocycles. The fourth-order valence-electron chi connectivity index (χ4n) is 3.28. The lowest BCUT2D eigenvalue weighted by atomic mass is 9.97. The molecule has 110 valence electrons. The maximum absolute atomic E-state index is 11.7. The fraction of sp³-hybridized carbons (Fsp3) is 0.933. The third kappa shape index (κ3) is 4.77. The highest BCUT2D eigenvalue weighted by atomic mass is 16.1. The number of carbonyl (C=O) groups is 1. The summed E-state index contributed by atoms with van der Waals surface area (Å²) in [6.45, 7) is 9.40. The number of amides is 1. The Kier molecular flexibility index (Phi) is 4.85. The van der Waals surface area contributed by atoms with Crippen molar-refractivity contribution in [1.82, 2.24) is 15.5 Å². The van der Waals surface area contributed by atoms with Crippen LogP contribution in [0, 0.1) is 0 Å². The molecular weight excluding hydrogens is 238 g/mol. The Bertz CT molecular complexity index is 311. The smallest absolute Gasteiger partial charge is 0.221 e. The molecule has 2 fully saturated rings. The van der Waals surface area contributed by atoms with E-state index >= 15 is 0 Å². The average molecular weight is 267 g/mol. The molecule has 2 heterocycles. The highest BCUT2D eigenvalue weighted by Gasteiger charge is 2.31. The van der Waals surface area contributed by atoms with Gasteiger partial charge in [-0.25, -0.2) is 0 Å². The molecule has 0 aromatic rings. The van der Waals surface area contributed by atoms with Gasteiger partial charge in [0.1, 0.15) is 0 Å². The summed E-state index contributed by atoms with van der Waals surface area (Å²) < 4.78 is 0. The summed E-state index contributed by atoms with van der Waals surface area (Å²) >= 11 is 0. The van der Waals surface area contributed by atoms with Crippen LogP contribution in [-0.2, 0) is 4.79 Å². The number of hydrogen-bond acceptors (Lipinski definition) is 3. The molecule has 1 amide bonds. The van der Waals surface area contributed by atoms with Crippen LogP contribution in [0.5, 0.6) is 0 Å². The molecule has 0 bridgehead atoms. The van der Waals surface area contributed by atoms with Crippen molar-refractivity contribution in [3.8, 4) is 0 Å². The summed E-state index contributed by atoms with van der Waals surface area (Å²) in [5.41, 5.74) is -0.119. The predicted molar refractivity (Wildman–Crippen MR) is 78.1 cm³/mol. The average Bonchev–Trinajstić information content (AvgIpc) is 2.73. The van der Waals surface area contributed by atoms with Crippen LogP contribution in [0.25, 0.3) is 0 Å². The minimum absolute atomic E-state index is 0.119. The minimum atomic E-state index is -0.119. The second-order valence-electron chi connectivity index (χ2n) is 7.06. The normalized spacial score (nSPS) is 28.2. The Morgan fingerprint density at radius 1 is 1.26 bits per heavy atom. The summed E-state index contributed by atoms with van der Waals surface area (Å²) in [4.78, 5) is 14.4. The molecule has 0 radical (unpaired) electrons. The second kappa shape index (κ2) is 6.23. The van der Waals surface area contributed by atoms with E-state index in [0.29, 0.717) is 12.5 Å². The first-order valence-corrected chi connectivity index (χ1v) is 7.72. The van der Waals surface area contributed by atoms with Gasteiger partial charge in [0.15, 0.2) is 0 Å². The lowest BCUT2D eigenvalue weighted by molar-refractivity contribution is -0.122. The Morgan fingerprint density at radius 3 is 2.79 bits per heavy atom. The molecule has 0 aliphatic carbocycles. The van der Waals surface area contributed by atoms with Gasteiger partial charge in [-0.3, -0.25) is 4.79 Å². The van der Waals surface area contributed by atoms with Crippen LogP contribution >= 0.6 is 0 Å². The van der Waals surface area contributed by atoms with Gasteiger partial charge in [0.25, 0.3) is 0 Å². The highest BCUT2D eigenvalue weighted by molar-refractivity contribution is 5.76. The predicted octanol–water partition coefficient (Wildman–Crippen LogP) is 1.51. The van der Waals surface area contributed by atoms with Gasteiger partial charge in [-0.05, 0) is 59.5 Å². The van der Waals surface area contributed by atoms with Crippen LogP contribution in [0.3, 0.4) is 0 Å². The van der Waals surface area contributed by atoms with Crippen LogP contribution in [0.1, 0.15) is 52.9 Å². The van der Waals surface area contributed by atoms with E-state index in [1.807, 2.05) is 20.8 Å². The summed E-state index contributed by atoms with van der Waals surface area (Å²) in [5, 5.41) is 6.57. The van der Waals surface area contributed by atoms with E-state index in [1.165, 1.54) is 38.8 Å². The lowest BCUT2D eigenvalue weighted by Crippen LogP contribution is -2.47. The third-order valence-corrected chi connectivity index (χ3v) is 4.12. The van der Waals surface area contributed by atoms with Gasteiger partial charge in [-0.2, -0.15) is 0 Å². The van der Waals surface area contributed by atoms with Crippen molar-refractivity contribution in [2.45, 2.75) is 70.5 Å². The maximum atomic E-state index is 11.7. The number of rotatable bonds is 4. The Labute approximate surface area is 117 Å². The Balaban J connectivity index is 1.62. The number of piperidine rings is 1. The van der Waals surface area contributed by atoms with E-state index in [0.717, 1.165) is 12.6 Å². The van der Waals surface area contributed by atoms with Crippen molar-refractivity contribution in [3.63, 3.8) is 0 Å². The zero-order valence-electron chi connectivity index (χ0n) is 12.7. The molecular formula is C15H29N3O. The quantitative estimate of drug-likeness (QED) is 0.811. The molecule has 2 rings (SSSR count). The molecule has 2 N–H and O–H groups in total. The Hall–Kier alpha value is -0.610. The first-order valence-electron chi connectivity index (χ1n) is 7.72. The molecule has 0 aromatic heterocycles. The summed E-state index contributed by atoms with van der Waals surface area (Å²) in [5.74, 6) is 0.151. The van der Waals surface area contributed by atoms with E-state index in [2.05, 4.69) is 15.5 Å². The fourth-order valence-corrected chi connectivity index (χ4v) is 3.28. The van der Waals surface area contributed by atoms with Crippen LogP contribution < -0.4 is 10.6 Å². The molecule has 2 atom stereocenters. The van der Waals surface area contributed by atoms with Crippen molar-refractivity contribution in [2.24, 2.45) is 0 Å². The van der Waals surface area contributed by atoms with Crippen LogP contribution in [0.4, 0.5) is 0 Å². The number of hydrogen-bond donors (Lipinski definition) is 2. The topological polar surface area (TPSA) is 44.4 Å². The van der Waals surface area contributed by atoms with E-state index in [9.17, 15) is 4.79 Å². The van der Waals surface area contributed by atoms with Crippen molar-refractivity contribution in [3.05, 3.63) is 0 Å². The third-order valence-electron chi connectivity index (χ3n) is 4.12. The standard InChI is InChI=1S/C15H29N3O/c1-15(2,3)17-14(19)6-8-16-12-7-10-18-9-4-5-13(18)11-12/h12-13,16H,4-11H2,1-3H3,(H,17,19). The van der Waals surface area contributed by atoms with Gasteiger partial charge in [-0.15, -0.1) is 0 Å². The molecule has 0 spiro atoms. The molecule has 0 saturated carbocycles. The monoisotopic (exact) mass is 267 g/mol. The molecule has 2 aliphatic rings. The van der Waals surface area contributed by atoms with Crippen molar-refractivity contribution in [2.75, 3.05) is 19.6 Å². The zero-order chi connectivity index (χ0) is 13.9. The molecule has 4 nitrogen and oxygen atoms in total. The maximum Gasteiger partial charge on any atom is 0.221 e. The van der Waals surface area contributed by atoms with Gasteiger partial charge in [0.05, 0.1) is 0 Å². The molecule has 4 heteroatoms. The van der Waals surface area contributed by atoms with Crippen molar-refractivity contribution >= 4 is 5.91 Å². The molecule has 2 unspecified atom stereocenters. The number of nitrogens with one attached hydrogen (secondary N) is 2. The summed E-state index contributed by atoms with van der Waals surface area (Å²) in [6.07, 6.45) is 5.81. The van der Waals surface area contributed by atoms with E-state index < -0.39 is 0 Å². The largest absolute Gasteiger partial charge is 0.351 e.